The van der Waals surface area contributed by atoms with Crippen molar-refractivity contribution in [3.63, 3.8) is 0 Å². The molecule has 1 aliphatic heterocycles. The molecule has 1 fully saturated rings. The number of hydrogen-bond acceptors (Lipinski definition) is 3. The molecule has 2 aromatic carbocycles. The van der Waals surface area contributed by atoms with E-state index in [1.807, 2.05) is 47.4 Å². The van der Waals surface area contributed by atoms with Gasteiger partial charge < -0.3 is 10.0 Å². The maximum absolute atomic E-state index is 12.6. The van der Waals surface area contributed by atoms with Gasteiger partial charge in [-0.2, -0.15) is 0 Å². The fourth-order valence-electron chi connectivity index (χ4n) is 3.20. The lowest BCUT2D eigenvalue weighted by atomic mass is 9.93. The second kappa shape index (κ2) is 8.90. The van der Waals surface area contributed by atoms with Crippen LogP contribution in [0, 0.1) is 5.92 Å². The molecule has 1 amide bonds. The van der Waals surface area contributed by atoms with Gasteiger partial charge in [-0.3, -0.25) is 9.59 Å². The predicted octanol–water partition coefficient (Wildman–Crippen LogP) is 4.31. The number of carbonyl (C=O) groups excluding carboxylic acids is 1. The molecule has 0 bridgehead atoms. The molecular weight excluding hydrogens is 346 g/mol. The van der Waals surface area contributed by atoms with Gasteiger partial charge in [-0.05, 0) is 48.6 Å². The maximum atomic E-state index is 12.6. The van der Waals surface area contributed by atoms with Gasteiger partial charge in [0.15, 0.2) is 0 Å². The smallest absolute Gasteiger partial charge is 0.303 e. The zero-order chi connectivity index (χ0) is 18.4. The van der Waals surface area contributed by atoms with Crippen LogP contribution in [0.2, 0.25) is 0 Å². The van der Waals surface area contributed by atoms with Crippen LogP contribution in [0.4, 0.5) is 0 Å². The van der Waals surface area contributed by atoms with Gasteiger partial charge in [0.2, 0.25) is 0 Å². The topological polar surface area (TPSA) is 57.6 Å². The second-order valence-electron chi connectivity index (χ2n) is 6.63. The van der Waals surface area contributed by atoms with Crippen molar-refractivity contribution in [3.8, 4) is 0 Å². The number of benzene rings is 2. The van der Waals surface area contributed by atoms with Crippen LogP contribution in [-0.2, 0) is 10.5 Å². The summed E-state index contributed by atoms with van der Waals surface area (Å²) >= 11 is 1.75. The lowest BCUT2D eigenvalue weighted by Crippen LogP contribution is -2.38. The molecule has 1 aliphatic rings. The molecule has 0 unspecified atom stereocenters. The highest BCUT2D eigenvalue weighted by molar-refractivity contribution is 7.98. The number of carboxylic acid groups (broad SMARTS) is 1. The summed E-state index contributed by atoms with van der Waals surface area (Å²) in [6.07, 6.45) is 1.74. The van der Waals surface area contributed by atoms with Crippen molar-refractivity contribution in [2.24, 2.45) is 5.92 Å². The van der Waals surface area contributed by atoms with E-state index in [1.54, 1.807) is 11.8 Å². The van der Waals surface area contributed by atoms with Crippen molar-refractivity contribution in [3.05, 3.63) is 65.7 Å². The van der Waals surface area contributed by atoms with Gasteiger partial charge in [-0.1, -0.05) is 30.3 Å². The predicted molar refractivity (Wildman–Crippen MR) is 103 cm³/mol. The molecule has 1 saturated heterocycles. The molecule has 0 aliphatic carbocycles. The zero-order valence-electron chi connectivity index (χ0n) is 14.6. The molecule has 3 rings (SSSR count). The van der Waals surface area contributed by atoms with Gasteiger partial charge >= 0.3 is 5.97 Å². The van der Waals surface area contributed by atoms with E-state index >= 15 is 0 Å². The number of aliphatic carboxylic acids is 1. The summed E-state index contributed by atoms with van der Waals surface area (Å²) in [5, 5.41) is 8.88. The largest absolute Gasteiger partial charge is 0.481 e. The number of carbonyl (C=O) groups is 2. The van der Waals surface area contributed by atoms with E-state index < -0.39 is 5.97 Å². The average Bonchev–Trinajstić information content (AvgIpc) is 2.67. The SMILES string of the molecule is O=C(O)CC1CCN(C(=O)c2ccc(SCc3ccccc3)cc2)CC1. The molecule has 0 spiro atoms. The number of carboxylic acids is 1. The highest BCUT2D eigenvalue weighted by atomic mass is 32.2. The average molecular weight is 369 g/mol. The number of hydrogen-bond donors (Lipinski definition) is 1. The van der Waals surface area contributed by atoms with E-state index in [4.69, 9.17) is 5.11 Å². The van der Waals surface area contributed by atoms with Crippen LogP contribution in [0.1, 0.15) is 35.2 Å². The van der Waals surface area contributed by atoms with Crippen LogP contribution in [0.3, 0.4) is 0 Å². The minimum atomic E-state index is -0.752. The number of amides is 1. The number of rotatable bonds is 6. The Labute approximate surface area is 158 Å². The number of likely N-dealkylation sites (tertiary alicyclic amines) is 1. The van der Waals surface area contributed by atoms with Gasteiger partial charge in [-0.25, -0.2) is 0 Å². The Hall–Kier alpha value is -2.27. The van der Waals surface area contributed by atoms with E-state index in [9.17, 15) is 9.59 Å². The molecule has 4 nitrogen and oxygen atoms in total. The Balaban J connectivity index is 1.52. The zero-order valence-corrected chi connectivity index (χ0v) is 15.5. The van der Waals surface area contributed by atoms with Crippen molar-refractivity contribution in [1.82, 2.24) is 4.90 Å². The highest BCUT2D eigenvalue weighted by Gasteiger charge is 2.24. The van der Waals surface area contributed by atoms with Gasteiger partial charge in [0.25, 0.3) is 5.91 Å². The summed E-state index contributed by atoms with van der Waals surface area (Å²) in [6.45, 7) is 1.28. The quantitative estimate of drug-likeness (QED) is 0.771. The van der Waals surface area contributed by atoms with Gasteiger partial charge in [0.1, 0.15) is 0 Å². The molecular formula is C21H23NO3S. The first-order valence-electron chi connectivity index (χ1n) is 8.89. The minimum Gasteiger partial charge on any atom is -0.481 e. The highest BCUT2D eigenvalue weighted by Crippen LogP contribution is 2.25. The third kappa shape index (κ3) is 5.11. The first-order valence-corrected chi connectivity index (χ1v) is 9.88. The lowest BCUT2D eigenvalue weighted by molar-refractivity contribution is -0.138. The van der Waals surface area contributed by atoms with E-state index in [2.05, 4.69) is 12.1 Å². The van der Waals surface area contributed by atoms with Crippen LogP contribution in [0.15, 0.2) is 59.5 Å². The number of piperidine rings is 1. The van der Waals surface area contributed by atoms with Crippen LogP contribution in [0.25, 0.3) is 0 Å². The molecule has 1 N–H and O–H groups in total. The van der Waals surface area contributed by atoms with E-state index in [-0.39, 0.29) is 18.2 Å². The van der Waals surface area contributed by atoms with Crippen LogP contribution in [-0.4, -0.2) is 35.0 Å². The van der Waals surface area contributed by atoms with E-state index in [0.717, 1.165) is 23.5 Å². The maximum Gasteiger partial charge on any atom is 0.303 e. The number of nitrogens with zero attached hydrogens (tertiary/aromatic N) is 1. The summed E-state index contributed by atoms with van der Waals surface area (Å²) in [6, 6.07) is 18.1. The molecule has 2 aromatic rings. The third-order valence-corrected chi connectivity index (χ3v) is 5.80. The van der Waals surface area contributed by atoms with Crippen LogP contribution in [0.5, 0.6) is 0 Å². The van der Waals surface area contributed by atoms with Crippen molar-refractivity contribution >= 4 is 23.6 Å². The van der Waals surface area contributed by atoms with Gasteiger partial charge in [0.05, 0.1) is 0 Å². The Bertz CT molecular complexity index is 738. The normalized spacial score (nSPS) is 15.0. The monoisotopic (exact) mass is 369 g/mol. The molecule has 1 heterocycles. The Morgan fingerprint density at radius 2 is 1.65 bits per heavy atom. The summed E-state index contributed by atoms with van der Waals surface area (Å²) in [7, 11) is 0. The Morgan fingerprint density at radius 3 is 2.27 bits per heavy atom. The molecule has 0 atom stereocenters. The van der Waals surface area contributed by atoms with Crippen LogP contribution >= 0.6 is 11.8 Å². The second-order valence-corrected chi connectivity index (χ2v) is 7.68. The Kier molecular flexibility index (Phi) is 6.34. The fraction of sp³-hybridized carbons (Fsp3) is 0.333. The standard InChI is InChI=1S/C21H23NO3S/c23-20(24)14-16-10-12-22(13-11-16)21(25)18-6-8-19(9-7-18)26-15-17-4-2-1-3-5-17/h1-9,16H,10-15H2,(H,23,24). The summed E-state index contributed by atoms with van der Waals surface area (Å²) in [5.74, 6) is 0.385. The molecule has 0 radical (unpaired) electrons. The summed E-state index contributed by atoms with van der Waals surface area (Å²) in [5.41, 5.74) is 1.98. The minimum absolute atomic E-state index is 0.0402. The van der Waals surface area contributed by atoms with Crippen molar-refractivity contribution < 1.29 is 14.7 Å². The molecule has 5 heteroatoms. The summed E-state index contributed by atoms with van der Waals surface area (Å²) < 4.78 is 0. The summed E-state index contributed by atoms with van der Waals surface area (Å²) in [4.78, 5) is 26.4. The Morgan fingerprint density at radius 1 is 1.00 bits per heavy atom. The number of thioether (sulfide) groups is 1. The van der Waals surface area contributed by atoms with E-state index in [0.29, 0.717) is 18.7 Å². The van der Waals surface area contributed by atoms with E-state index in [1.165, 1.54) is 5.56 Å². The van der Waals surface area contributed by atoms with Gasteiger partial charge in [-0.15, -0.1) is 11.8 Å². The van der Waals surface area contributed by atoms with Crippen molar-refractivity contribution in [2.45, 2.75) is 29.9 Å². The first-order chi connectivity index (χ1) is 12.6. The van der Waals surface area contributed by atoms with Crippen molar-refractivity contribution in [2.75, 3.05) is 13.1 Å². The lowest BCUT2D eigenvalue weighted by Gasteiger charge is -2.31. The fourth-order valence-corrected chi connectivity index (χ4v) is 4.06. The molecule has 136 valence electrons. The molecule has 0 saturated carbocycles. The molecule has 26 heavy (non-hydrogen) atoms. The van der Waals surface area contributed by atoms with Crippen molar-refractivity contribution in [1.29, 1.82) is 0 Å². The van der Waals surface area contributed by atoms with Crippen LogP contribution < -0.4 is 0 Å². The third-order valence-electron chi connectivity index (χ3n) is 4.71. The van der Waals surface area contributed by atoms with Gasteiger partial charge in [0, 0.05) is 35.7 Å². The first kappa shape index (κ1) is 18.5. The molecule has 0 aromatic heterocycles.